The number of carbonyl (C=O) groups is 3. The van der Waals surface area contributed by atoms with Gasteiger partial charge in [0, 0.05) is 0 Å². The largest absolute Gasteiger partial charge is 0.503 e. The third kappa shape index (κ3) is 4.72. The molecule has 3 heterocycles. The number of aliphatic hydroxyl groups excluding tert-OH is 1. The second kappa shape index (κ2) is 10.7. The average molecular weight is 621 g/mol. The molecule has 38 heavy (non-hydrogen) atoms. The van der Waals surface area contributed by atoms with Crippen LogP contribution < -0.4 is 9.64 Å². The molecular formula is C25H22BrN3O7S2. The summed E-state index contributed by atoms with van der Waals surface area (Å²) in [5, 5.41) is 22.1. The van der Waals surface area contributed by atoms with Gasteiger partial charge in [-0.25, -0.2) is 14.8 Å². The van der Waals surface area contributed by atoms with E-state index in [9.17, 15) is 24.6 Å². The maximum Gasteiger partial charge on any atom is 0.350 e. The Morgan fingerprint density at radius 2 is 1.84 bits per heavy atom. The maximum absolute atomic E-state index is 13.8. The van der Waals surface area contributed by atoms with Crippen LogP contribution in [0.3, 0.4) is 0 Å². The van der Waals surface area contributed by atoms with Crippen molar-refractivity contribution < 1.29 is 34.1 Å². The first-order valence-corrected chi connectivity index (χ1v) is 13.5. The standard InChI is InChI=1S/C25H22BrN3O7S2/c1-6-7-36-24(34)22-11(3)28-25(38-22)29-17(13-8-14(26)18(30)15(9-13)35-5)16(20(32)23(29)33)19(31)21-10(2)27-12(4)37-21/h6,8-9,17,30,32H,1,7H2,2-5H3. The number of aliphatic hydroxyl groups is 1. The Balaban J connectivity index is 1.91. The normalized spacial score (nSPS) is 15.2. The molecule has 3 aromatic rings. The minimum Gasteiger partial charge on any atom is -0.503 e. The lowest BCUT2D eigenvalue weighted by Gasteiger charge is -2.25. The fourth-order valence-electron chi connectivity index (χ4n) is 4.00. The number of ketones is 1. The van der Waals surface area contributed by atoms with E-state index in [0.717, 1.165) is 27.6 Å². The Morgan fingerprint density at radius 3 is 2.45 bits per heavy atom. The van der Waals surface area contributed by atoms with Gasteiger partial charge in [-0.1, -0.05) is 24.0 Å². The first kappa shape index (κ1) is 27.5. The van der Waals surface area contributed by atoms with E-state index < -0.39 is 29.5 Å². The maximum atomic E-state index is 13.8. The summed E-state index contributed by atoms with van der Waals surface area (Å²) < 4.78 is 10.6. The van der Waals surface area contributed by atoms with Crippen LogP contribution in [0.1, 0.15) is 47.3 Å². The summed E-state index contributed by atoms with van der Waals surface area (Å²) in [6.07, 6.45) is 1.42. The second-order valence-corrected chi connectivity index (χ2v) is 11.2. The third-order valence-electron chi connectivity index (χ3n) is 5.66. The number of amides is 1. The highest BCUT2D eigenvalue weighted by atomic mass is 79.9. The number of aromatic nitrogens is 2. The fraction of sp³-hybridized carbons (Fsp3) is 0.240. The molecular weight excluding hydrogens is 598 g/mol. The molecule has 0 radical (unpaired) electrons. The Kier molecular flexibility index (Phi) is 7.72. The van der Waals surface area contributed by atoms with Crippen molar-refractivity contribution in [2.45, 2.75) is 26.8 Å². The minimum atomic E-state index is -1.16. The molecule has 1 amide bonds. The average Bonchev–Trinajstić information content (AvgIpc) is 3.51. The van der Waals surface area contributed by atoms with Crippen molar-refractivity contribution in [1.82, 2.24) is 9.97 Å². The molecule has 1 aromatic carbocycles. The molecule has 2 aromatic heterocycles. The number of hydrogen-bond donors (Lipinski definition) is 2. The molecule has 13 heteroatoms. The molecule has 1 aliphatic rings. The van der Waals surface area contributed by atoms with Gasteiger partial charge in [0.2, 0.25) is 5.78 Å². The number of nitrogens with zero attached hydrogens (tertiary/aromatic N) is 3. The van der Waals surface area contributed by atoms with Crippen LogP contribution in [0.5, 0.6) is 11.5 Å². The molecule has 0 aliphatic carbocycles. The van der Waals surface area contributed by atoms with Crippen molar-refractivity contribution in [3.05, 3.63) is 72.3 Å². The fourth-order valence-corrected chi connectivity index (χ4v) is 6.32. The molecule has 10 nitrogen and oxygen atoms in total. The summed E-state index contributed by atoms with van der Waals surface area (Å²) >= 11 is 5.31. The number of benzene rings is 1. The molecule has 198 valence electrons. The molecule has 0 spiro atoms. The SMILES string of the molecule is C=CCOC(=O)c1sc(N2C(=O)C(O)=C(C(=O)c3sc(C)nc3C)C2c2cc(Br)c(O)c(OC)c2)nc1C. The van der Waals surface area contributed by atoms with Gasteiger partial charge in [0.25, 0.3) is 5.91 Å². The number of aromatic hydroxyl groups is 1. The number of Topliss-reactive ketones (excluding diaryl/α,β-unsaturated/α-hetero) is 1. The number of aryl methyl sites for hydroxylation is 3. The van der Waals surface area contributed by atoms with Crippen molar-refractivity contribution in [3.8, 4) is 11.5 Å². The van der Waals surface area contributed by atoms with Crippen molar-refractivity contribution in [2.75, 3.05) is 18.6 Å². The highest BCUT2D eigenvalue weighted by molar-refractivity contribution is 9.10. The van der Waals surface area contributed by atoms with Crippen LogP contribution >= 0.6 is 38.6 Å². The van der Waals surface area contributed by atoms with E-state index in [-0.39, 0.29) is 43.0 Å². The predicted molar refractivity (Wildman–Crippen MR) is 145 cm³/mol. The number of phenolic OH excluding ortho intramolecular Hbond substituents is 1. The number of thiazole rings is 2. The Morgan fingerprint density at radius 1 is 1.16 bits per heavy atom. The number of hydrogen-bond acceptors (Lipinski definition) is 11. The van der Waals surface area contributed by atoms with Crippen LogP contribution in [0.25, 0.3) is 0 Å². The molecule has 1 aliphatic heterocycles. The van der Waals surface area contributed by atoms with Crippen molar-refractivity contribution >= 4 is 61.4 Å². The summed E-state index contributed by atoms with van der Waals surface area (Å²) in [7, 11) is 1.36. The summed E-state index contributed by atoms with van der Waals surface area (Å²) in [4.78, 5) is 50.1. The second-order valence-electron chi connectivity index (χ2n) is 8.17. The smallest absolute Gasteiger partial charge is 0.350 e. The Bertz CT molecular complexity index is 1530. The zero-order chi connectivity index (χ0) is 27.9. The van der Waals surface area contributed by atoms with E-state index in [1.165, 1.54) is 25.3 Å². The van der Waals surface area contributed by atoms with Crippen molar-refractivity contribution in [1.29, 1.82) is 0 Å². The topological polar surface area (TPSA) is 139 Å². The summed E-state index contributed by atoms with van der Waals surface area (Å²) in [6, 6.07) is 1.81. The van der Waals surface area contributed by atoms with E-state index >= 15 is 0 Å². The van der Waals surface area contributed by atoms with E-state index in [2.05, 4.69) is 32.5 Å². The van der Waals surface area contributed by atoms with E-state index in [1.54, 1.807) is 20.8 Å². The Hall–Kier alpha value is -3.55. The first-order chi connectivity index (χ1) is 18.0. The van der Waals surface area contributed by atoms with Gasteiger partial charge < -0.3 is 19.7 Å². The summed E-state index contributed by atoms with van der Waals surface area (Å²) in [5.74, 6) is -2.95. The summed E-state index contributed by atoms with van der Waals surface area (Å²) in [6.45, 7) is 8.52. The van der Waals surface area contributed by atoms with Gasteiger partial charge in [0.1, 0.15) is 11.5 Å². The molecule has 0 saturated heterocycles. The van der Waals surface area contributed by atoms with Gasteiger partial charge in [0.05, 0.1) is 44.5 Å². The number of ether oxygens (including phenoxy) is 2. The number of esters is 1. The molecule has 2 N–H and O–H groups in total. The number of carbonyl (C=O) groups excluding carboxylic acids is 3. The van der Waals surface area contributed by atoms with E-state index in [4.69, 9.17) is 9.47 Å². The lowest BCUT2D eigenvalue weighted by Crippen LogP contribution is -2.31. The number of halogens is 1. The van der Waals surface area contributed by atoms with Crippen LogP contribution in [0, 0.1) is 20.8 Å². The number of rotatable bonds is 8. The molecule has 1 unspecified atom stereocenters. The van der Waals surface area contributed by atoms with Crippen molar-refractivity contribution in [3.63, 3.8) is 0 Å². The molecule has 0 fully saturated rings. The summed E-state index contributed by atoms with van der Waals surface area (Å²) in [5.41, 5.74) is 0.923. The highest BCUT2D eigenvalue weighted by Crippen LogP contribution is 2.47. The van der Waals surface area contributed by atoms with E-state index in [1.807, 2.05) is 0 Å². The van der Waals surface area contributed by atoms with Gasteiger partial charge in [0.15, 0.2) is 22.4 Å². The molecule has 0 bridgehead atoms. The molecule has 4 rings (SSSR count). The predicted octanol–water partition coefficient (Wildman–Crippen LogP) is 5.13. The zero-order valence-electron chi connectivity index (χ0n) is 20.7. The molecule has 0 saturated carbocycles. The third-order valence-corrected chi connectivity index (χ3v) is 8.47. The van der Waals surface area contributed by atoms with Gasteiger partial charge in [-0.2, -0.15) is 0 Å². The lowest BCUT2D eigenvalue weighted by atomic mass is 9.95. The van der Waals surface area contributed by atoms with Crippen LogP contribution in [-0.4, -0.2) is 51.6 Å². The van der Waals surface area contributed by atoms with Gasteiger partial charge in [-0.05, 0) is 54.4 Å². The van der Waals surface area contributed by atoms with E-state index in [0.29, 0.717) is 22.0 Å². The lowest BCUT2D eigenvalue weighted by molar-refractivity contribution is -0.117. The number of anilines is 1. The zero-order valence-corrected chi connectivity index (χ0v) is 23.9. The Labute approximate surface area is 234 Å². The van der Waals surface area contributed by atoms with Crippen LogP contribution in [0.4, 0.5) is 5.13 Å². The number of methoxy groups -OCH3 is 1. The first-order valence-electron chi connectivity index (χ1n) is 11.1. The van der Waals surface area contributed by atoms with Crippen molar-refractivity contribution in [2.24, 2.45) is 0 Å². The highest BCUT2D eigenvalue weighted by Gasteiger charge is 2.47. The van der Waals surface area contributed by atoms with Gasteiger partial charge >= 0.3 is 5.97 Å². The minimum absolute atomic E-state index is 0.00723. The van der Waals surface area contributed by atoms with Crippen LogP contribution in [0.15, 0.2) is 40.6 Å². The quantitative estimate of drug-likeness (QED) is 0.199. The van der Waals surface area contributed by atoms with Crippen LogP contribution in [0.2, 0.25) is 0 Å². The number of phenols is 1. The monoisotopic (exact) mass is 619 g/mol. The molecule has 1 atom stereocenters. The van der Waals surface area contributed by atoms with Gasteiger partial charge in [-0.3, -0.25) is 14.5 Å². The van der Waals surface area contributed by atoms with Crippen LogP contribution in [-0.2, 0) is 9.53 Å². The van der Waals surface area contributed by atoms with Gasteiger partial charge in [-0.15, -0.1) is 11.3 Å².